The molecule has 0 aliphatic rings. The van der Waals surface area contributed by atoms with Crippen LogP contribution >= 0.6 is 11.3 Å². The van der Waals surface area contributed by atoms with Gasteiger partial charge in [-0.05, 0) is 25.1 Å². The second-order valence-electron chi connectivity index (χ2n) is 7.61. The van der Waals surface area contributed by atoms with Gasteiger partial charge in [0.25, 0.3) is 11.2 Å². The molecule has 0 spiro atoms. The smallest absolute Gasteiger partial charge is 0.291 e. The molecule has 0 aliphatic carbocycles. The molecule has 34 heavy (non-hydrogen) atoms. The number of aromatic nitrogens is 3. The van der Waals surface area contributed by atoms with Gasteiger partial charge >= 0.3 is 0 Å². The van der Waals surface area contributed by atoms with Crippen LogP contribution in [-0.2, 0) is 0 Å². The molecule has 4 aromatic heterocycles. The Bertz CT molecular complexity index is 1840. The minimum Gasteiger partial charge on any atom is -0.457 e. The molecule has 0 saturated carbocycles. The highest BCUT2D eigenvalue weighted by molar-refractivity contribution is 7.15. The predicted octanol–water partition coefficient (Wildman–Crippen LogP) is 4.59. The fourth-order valence-corrected chi connectivity index (χ4v) is 4.69. The first kappa shape index (κ1) is 20.1. The molecule has 10 heteroatoms. The summed E-state index contributed by atoms with van der Waals surface area (Å²) in [7, 11) is 0. The molecule has 4 heterocycles. The van der Waals surface area contributed by atoms with Crippen LogP contribution in [0.25, 0.3) is 44.9 Å². The highest BCUT2D eigenvalue weighted by Crippen LogP contribution is 2.31. The molecule has 9 nitrogen and oxygen atoms in total. The Morgan fingerprint density at radius 1 is 1.09 bits per heavy atom. The van der Waals surface area contributed by atoms with Crippen LogP contribution in [0.1, 0.15) is 11.3 Å². The highest BCUT2D eigenvalue weighted by atomic mass is 32.1. The number of benzene rings is 2. The molecule has 0 bridgehead atoms. The summed E-state index contributed by atoms with van der Waals surface area (Å²) in [5, 5.41) is 16.4. The zero-order valence-corrected chi connectivity index (χ0v) is 18.4. The van der Waals surface area contributed by atoms with Gasteiger partial charge in [0.1, 0.15) is 21.6 Å². The SMILES string of the molecule is Cc1c(-c2nc3sc(=Cc4ccc(-c5cccc([N+](=O)[O-])c5)o4)c(=O)n3n2)oc2ccccc12. The third-order valence-corrected chi connectivity index (χ3v) is 6.43. The van der Waals surface area contributed by atoms with E-state index in [4.69, 9.17) is 8.83 Å². The number of para-hydroxylation sites is 1. The van der Waals surface area contributed by atoms with Gasteiger partial charge in [-0.2, -0.15) is 9.50 Å². The largest absolute Gasteiger partial charge is 0.457 e. The van der Waals surface area contributed by atoms with Gasteiger partial charge in [0.05, 0.1) is 4.92 Å². The summed E-state index contributed by atoms with van der Waals surface area (Å²) in [6, 6.07) is 17.2. The zero-order chi connectivity index (χ0) is 23.4. The van der Waals surface area contributed by atoms with Crippen LogP contribution in [0.5, 0.6) is 0 Å². The maximum absolute atomic E-state index is 12.9. The van der Waals surface area contributed by atoms with E-state index < -0.39 is 4.92 Å². The summed E-state index contributed by atoms with van der Waals surface area (Å²) >= 11 is 1.19. The summed E-state index contributed by atoms with van der Waals surface area (Å²) in [6.07, 6.45) is 1.61. The second-order valence-corrected chi connectivity index (χ2v) is 8.62. The number of nitro groups is 1. The lowest BCUT2D eigenvalue weighted by atomic mass is 10.1. The number of nitro benzene ring substituents is 1. The molecular formula is C24H14N4O5S. The number of non-ortho nitro benzene ring substituents is 1. The van der Waals surface area contributed by atoms with Crippen LogP contribution in [0, 0.1) is 17.0 Å². The van der Waals surface area contributed by atoms with Crippen LogP contribution in [0.2, 0.25) is 0 Å². The van der Waals surface area contributed by atoms with Gasteiger partial charge in [0.15, 0.2) is 5.76 Å². The van der Waals surface area contributed by atoms with E-state index in [-0.39, 0.29) is 11.2 Å². The van der Waals surface area contributed by atoms with E-state index in [2.05, 4.69) is 10.1 Å². The number of hydrogen-bond acceptors (Lipinski definition) is 8. The molecule has 0 saturated heterocycles. The van der Waals surface area contributed by atoms with Gasteiger partial charge in [0.2, 0.25) is 10.8 Å². The molecule has 6 aromatic rings. The monoisotopic (exact) mass is 470 g/mol. The number of rotatable bonds is 4. The van der Waals surface area contributed by atoms with Crippen LogP contribution < -0.4 is 10.1 Å². The molecule has 166 valence electrons. The van der Waals surface area contributed by atoms with Crippen molar-refractivity contribution in [1.82, 2.24) is 14.6 Å². The van der Waals surface area contributed by atoms with E-state index in [1.165, 1.54) is 28.0 Å². The van der Waals surface area contributed by atoms with E-state index in [0.717, 1.165) is 16.5 Å². The van der Waals surface area contributed by atoms with E-state index >= 15 is 0 Å². The van der Waals surface area contributed by atoms with Crippen LogP contribution in [0.3, 0.4) is 0 Å². The minimum atomic E-state index is -0.460. The summed E-state index contributed by atoms with van der Waals surface area (Å²) in [5.74, 6) is 1.80. The highest BCUT2D eigenvalue weighted by Gasteiger charge is 2.19. The molecule has 0 unspecified atom stereocenters. The summed E-state index contributed by atoms with van der Waals surface area (Å²) in [6.45, 7) is 1.93. The van der Waals surface area contributed by atoms with Gasteiger partial charge < -0.3 is 8.83 Å². The molecular weight excluding hydrogens is 456 g/mol. The maximum atomic E-state index is 12.9. The van der Waals surface area contributed by atoms with Gasteiger partial charge in [-0.25, -0.2) is 0 Å². The molecule has 0 fully saturated rings. The van der Waals surface area contributed by atoms with Crippen molar-refractivity contribution in [2.75, 3.05) is 0 Å². The molecule has 0 aliphatic heterocycles. The normalized spacial score (nSPS) is 12.2. The quantitative estimate of drug-likeness (QED) is 0.273. The Hall–Kier alpha value is -4.57. The number of fused-ring (bicyclic) bond motifs is 2. The van der Waals surface area contributed by atoms with Crippen molar-refractivity contribution >= 4 is 39.0 Å². The third kappa shape index (κ3) is 3.20. The summed E-state index contributed by atoms with van der Waals surface area (Å²) < 4.78 is 13.4. The van der Waals surface area contributed by atoms with Crippen molar-refractivity contribution in [3.8, 4) is 22.9 Å². The van der Waals surface area contributed by atoms with Crippen molar-refractivity contribution in [2.45, 2.75) is 6.92 Å². The van der Waals surface area contributed by atoms with Gasteiger partial charge in [0, 0.05) is 34.7 Å². The number of aryl methyl sites for hydroxylation is 1. The number of thiazole rings is 1. The number of hydrogen-bond donors (Lipinski definition) is 0. The van der Waals surface area contributed by atoms with E-state index in [0.29, 0.717) is 38.2 Å². The minimum absolute atomic E-state index is 0.0256. The first-order valence-electron chi connectivity index (χ1n) is 10.2. The first-order valence-corrected chi connectivity index (χ1v) is 11.0. The lowest BCUT2D eigenvalue weighted by Crippen LogP contribution is -2.23. The van der Waals surface area contributed by atoms with Crippen molar-refractivity contribution in [2.24, 2.45) is 0 Å². The van der Waals surface area contributed by atoms with Crippen molar-refractivity contribution in [3.05, 3.63) is 97.0 Å². The topological polar surface area (TPSA) is 117 Å². The van der Waals surface area contributed by atoms with E-state index in [1.807, 2.05) is 31.2 Å². The second kappa shape index (κ2) is 7.49. The van der Waals surface area contributed by atoms with Gasteiger partial charge in [-0.1, -0.05) is 41.7 Å². The Kier molecular flexibility index (Phi) is 4.42. The third-order valence-electron chi connectivity index (χ3n) is 5.47. The molecule has 6 rings (SSSR count). The standard InChI is InChI=1S/C24H14N4O5S/c1-13-17-7-2-3-8-19(17)33-21(13)22-25-24-27(26-22)23(29)20(34-24)12-16-9-10-18(32-16)14-5-4-6-15(11-14)28(30)31/h2-12H,1H3. The van der Waals surface area contributed by atoms with E-state index in [9.17, 15) is 14.9 Å². The Balaban J connectivity index is 1.37. The van der Waals surface area contributed by atoms with Crippen LogP contribution in [0.15, 0.2) is 74.3 Å². The number of furan rings is 2. The fourth-order valence-electron chi connectivity index (χ4n) is 3.81. The molecule has 0 radical (unpaired) electrons. The van der Waals surface area contributed by atoms with Gasteiger partial charge in [-0.3, -0.25) is 14.9 Å². The lowest BCUT2D eigenvalue weighted by Gasteiger charge is -1.96. The Morgan fingerprint density at radius 3 is 2.74 bits per heavy atom. The van der Waals surface area contributed by atoms with Crippen LogP contribution in [0.4, 0.5) is 5.69 Å². The average molecular weight is 470 g/mol. The predicted molar refractivity (Wildman–Crippen MR) is 127 cm³/mol. The van der Waals surface area contributed by atoms with Crippen LogP contribution in [-0.4, -0.2) is 19.5 Å². The summed E-state index contributed by atoms with van der Waals surface area (Å²) in [5.41, 5.74) is 1.88. The fraction of sp³-hybridized carbons (Fsp3) is 0.0417. The maximum Gasteiger partial charge on any atom is 0.291 e. The van der Waals surface area contributed by atoms with E-state index in [1.54, 1.807) is 30.3 Å². The molecule has 2 aromatic carbocycles. The van der Waals surface area contributed by atoms with Crippen molar-refractivity contribution in [3.63, 3.8) is 0 Å². The van der Waals surface area contributed by atoms with Crippen molar-refractivity contribution in [1.29, 1.82) is 0 Å². The zero-order valence-electron chi connectivity index (χ0n) is 17.6. The Labute approximate surface area is 194 Å². The molecule has 0 amide bonds. The first-order chi connectivity index (χ1) is 16.5. The molecule has 0 atom stereocenters. The van der Waals surface area contributed by atoms with Gasteiger partial charge in [-0.15, -0.1) is 5.10 Å². The lowest BCUT2D eigenvalue weighted by molar-refractivity contribution is -0.384. The summed E-state index contributed by atoms with van der Waals surface area (Å²) in [4.78, 5) is 28.4. The average Bonchev–Trinajstić information content (AvgIpc) is 3.60. The van der Waals surface area contributed by atoms with Crippen molar-refractivity contribution < 1.29 is 13.8 Å². The number of nitrogens with zero attached hydrogens (tertiary/aromatic N) is 4. The molecule has 0 N–H and O–H groups in total. The Morgan fingerprint density at radius 2 is 1.94 bits per heavy atom.